The fourth-order valence-electron chi connectivity index (χ4n) is 1.37. The zero-order valence-corrected chi connectivity index (χ0v) is 9.97. The third kappa shape index (κ3) is 2.81. The smallest absolute Gasteiger partial charge is 0.160 e. The summed E-state index contributed by atoms with van der Waals surface area (Å²) in [6.07, 6.45) is 4.06. The number of rotatable bonds is 3. The highest BCUT2D eigenvalue weighted by Gasteiger charge is 2.02. The molecule has 0 fully saturated rings. The maximum Gasteiger partial charge on any atom is 0.160 e. The van der Waals surface area contributed by atoms with Gasteiger partial charge in [0.1, 0.15) is 0 Å². The van der Waals surface area contributed by atoms with E-state index < -0.39 is 0 Å². The monoisotopic (exact) mass is 252 g/mol. The lowest BCUT2D eigenvalue weighted by atomic mass is 10.0. The molecule has 0 N–H and O–H groups in total. The Labute approximate surface area is 93.0 Å². The van der Waals surface area contributed by atoms with E-state index in [1.54, 1.807) is 6.92 Å². The van der Waals surface area contributed by atoms with Gasteiger partial charge in [-0.2, -0.15) is 0 Å². The van der Waals surface area contributed by atoms with Gasteiger partial charge in [-0.25, -0.2) is 0 Å². The zero-order chi connectivity index (χ0) is 10.6. The maximum absolute atomic E-state index is 11.2. The molecule has 0 amide bonds. The molecule has 0 aliphatic carbocycles. The molecule has 74 valence electrons. The Balaban J connectivity index is 3.00. The average molecular weight is 253 g/mol. The second-order valence-electron chi connectivity index (χ2n) is 3.19. The van der Waals surface area contributed by atoms with Crippen LogP contribution < -0.4 is 0 Å². The van der Waals surface area contributed by atoms with Crippen molar-refractivity contribution >= 4 is 27.8 Å². The van der Waals surface area contributed by atoms with Crippen molar-refractivity contribution in [2.24, 2.45) is 0 Å². The van der Waals surface area contributed by atoms with Crippen molar-refractivity contribution in [1.82, 2.24) is 0 Å². The summed E-state index contributed by atoms with van der Waals surface area (Å²) in [6, 6.07) is 5.87. The van der Waals surface area contributed by atoms with Gasteiger partial charge in [-0.15, -0.1) is 0 Å². The fraction of sp³-hybridized carbons (Fsp3) is 0.250. The number of Topliss-reactive ketones (excluding diaryl/α,β-unsaturated/α-hetero) is 1. The summed E-state index contributed by atoms with van der Waals surface area (Å²) in [5, 5.41) is 0.848. The number of aryl methyl sites for hydroxylation is 1. The molecule has 0 radical (unpaired) electrons. The van der Waals surface area contributed by atoms with Crippen molar-refractivity contribution in [3.05, 3.63) is 41.0 Å². The third-order valence-electron chi connectivity index (χ3n) is 2.03. The SMILES string of the molecule is CC(=O)c1ccc(C=CCBr)cc1C. The first-order valence-corrected chi connectivity index (χ1v) is 5.61. The molecule has 0 saturated carbocycles. The number of allylic oxidation sites excluding steroid dienone is 1. The van der Waals surface area contributed by atoms with Gasteiger partial charge < -0.3 is 0 Å². The molecule has 0 aliphatic rings. The Morgan fingerprint density at radius 2 is 2.21 bits per heavy atom. The predicted molar refractivity (Wildman–Crippen MR) is 64.0 cm³/mol. The Bertz CT molecular complexity index is 367. The number of ketones is 1. The molecule has 1 rings (SSSR count). The molecule has 0 unspecified atom stereocenters. The van der Waals surface area contributed by atoms with Crippen molar-refractivity contribution in [2.45, 2.75) is 13.8 Å². The molecular weight excluding hydrogens is 240 g/mol. The summed E-state index contributed by atoms with van der Waals surface area (Å²) in [5.74, 6) is 0.124. The van der Waals surface area contributed by atoms with Gasteiger partial charge in [0.15, 0.2) is 5.78 Å². The summed E-state index contributed by atoms with van der Waals surface area (Å²) in [5.41, 5.74) is 2.97. The van der Waals surface area contributed by atoms with E-state index in [-0.39, 0.29) is 5.78 Å². The first-order chi connectivity index (χ1) is 6.65. The summed E-state index contributed by atoms with van der Waals surface area (Å²) in [6.45, 7) is 3.55. The van der Waals surface area contributed by atoms with Crippen LogP contribution in [0.3, 0.4) is 0 Å². The molecule has 1 aromatic rings. The minimum absolute atomic E-state index is 0.124. The Hall–Kier alpha value is -0.890. The lowest BCUT2D eigenvalue weighted by Crippen LogP contribution is -1.95. The van der Waals surface area contributed by atoms with Gasteiger partial charge in [0.05, 0.1) is 0 Å². The fourth-order valence-corrected chi connectivity index (χ4v) is 1.55. The van der Waals surface area contributed by atoms with Gasteiger partial charge in [0.25, 0.3) is 0 Å². The van der Waals surface area contributed by atoms with E-state index in [0.29, 0.717) is 0 Å². The summed E-state index contributed by atoms with van der Waals surface area (Å²) >= 11 is 3.32. The third-order valence-corrected chi connectivity index (χ3v) is 2.40. The molecule has 0 saturated heterocycles. The van der Waals surface area contributed by atoms with Gasteiger partial charge >= 0.3 is 0 Å². The van der Waals surface area contributed by atoms with Crippen molar-refractivity contribution in [1.29, 1.82) is 0 Å². The van der Waals surface area contributed by atoms with Gasteiger partial charge in [-0.1, -0.05) is 46.3 Å². The molecule has 2 heteroatoms. The summed E-state index contributed by atoms with van der Waals surface area (Å²) in [7, 11) is 0. The van der Waals surface area contributed by atoms with Crippen LogP contribution in [-0.2, 0) is 0 Å². The average Bonchev–Trinajstić information content (AvgIpc) is 2.14. The van der Waals surface area contributed by atoms with Crippen LogP contribution in [0.5, 0.6) is 0 Å². The van der Waals surface area contributed by atoms with Crippen LogP contribution in [0.1, 0.15) is 28.4 Å². The number of carbonyl (C=O) groups excluding carboxylic acids is 1. The lowest BCUT2D eigenvalue weighted by Gasteiger charge is -2.02. The summed E-state index contributed by atoms with van der Waals surface area (Å²) < 4.78 is 0. The number of hydrogen-bond donors (Lipinski definition) is 0. The normalized spacial score (nSPS) is 10.8. The maximum atomic E-state index is 11.2. The van der Waals surface area contributed by atoms with Crippen molar-refractivity contribution in [2.75, 3.05) is 5.33 Å². The molecule has 0 heterocycles. The van der Waals surface area contributed by atoms with Crippen molar-refractivity contribution in [3.63, 3.8) is 0 Å². The van der Waals surface area contributed by atoms with E-state index in [1.165, 1.54) is 0 Å². The summed E-state index contributed by atoms with van der Waals surface area (Å²) in [4.78, 5) is 11.2. The minimum Gasteiger partial charge on any atom is -0.295 e. The van der Waals surface area contributed by atoms with E-state index in [9.17, 15) is 4.79 Å². The first kappa shape index (κ1) is 11.2. The molecule has 0 aliphatic heterocycles. The first-order valence-electron chi connectivity index (χ1n) is 4.49. The van der Waals surface area contributed by atoms with Crippen LogP contribution in [0.4, 0.5) is 0 Å². The van der Waals surface area contributed by atoms with E-state index in [4.69, 9.17) is 0 Å². The topological polar surface area (TPSA) is 17.1 Å². The van der Waals surface area contributed by atoms with Gasteiger partial charge in [0.2, 0.25) is 0 Å². The second-order valence-corrected chi connectivity index (χ2v) is 3.83. The highest BCUT2D eigenvalue weighted by atomic mass is 79.9. The molecule has 0 spiro atoms. The quantitative estimate of drug-likeness (QED) is 0.594. The molecule has 0 atom stereocenters. The van der Waals surface area contributed by atoms with Gasteiger partial charge in [0, 0.05) is 10.9 Å². The highest BCUT2D eigenvalue weighted by Crippen LogP contribution is 2.13. The van der Waals surface area contributed by atoms with Crippen LogP contribution in [0.25, 0.3) is 6.08 Å². The van der Waals surface area contributed by atoms with Crippen LogP contribution in [0.15, 0.2) is 24.3 Å². The van der Waals surface area contributed by atoms with Crippen LogP contribution >= 0.6 is 15.9 Å². The number of benzene rings is 1. The molecular formula is C12H13BrO. The molecule has 1 aromatic carbocycles. The Morgan fingerprint density at radius 1 is 1.50 bits per heavy atom. The Morgan fingerprint density at radius 3 is 2.71 bits per heavy atom. The number of alkyl halides is 1. The molecule has 0 aromatic heterocycles. The van der Waals surface area contributed by atoms with Crippen molar-refractivity contribution < 1.29 is 4.79 Å². The highest BCUT2D eigenvalue weighted by molar-refractivity contribution is 9.09. The van der Waals surface area contributed by atoms with Crippen LogP contribution in [-0.4, -0.2) is 11.1 Å². The van der Waals surface area contributed by atoms with Crippen molar-refractivity contribution in [3.8, 4) is 0 Å². The number of halogens is 1. The molecule has 1 nitrogen and oxygen atoms in total. The van der Waals surface area contributed by atoms with Crippen LogP contribution in [0.2, 0.25) is 0 Å². The molecule has 14 heavy (non-hydrogen) atoms. The number of hydrogen-bond acceptors (Lipinski definition) is 1. The zero-order valence-electron chi connectivity index (χ0n) is 8.38. The Kier molecular flexibility index (Phi) is 4.08. The van der Waals surface area contributed by atoms with E-state index in [0.717, 1.165) is 22.0 Å². The van der Waals surface area contributed by atoms with E-state index >= 15 is 0 Å². The van der Waals surface area contributed by atoms with Gasteiger partial charge in [-0.3, -0.25) is 4.79 Å². The van der Waals surface area contributed by atoms with E-state index in [2.05, 4.69) is 15.9 Å². The second kappa shape index (κ2) is 5.11. The minimum atomic E-state index is 0.124. The lowest BCUT2D eigenvalue weighted by molar-refractivity contribution is 0.101. The van der Waals surface area contributed by atoms with Crippen LogP contribution in [0, 0.1) is 6.92 Å². The van der Waals surface area contributed by atoms with Gasteiger partial charge in [-0.05, 0) is 25.0 Å². The number of carbonyl (C=O) groups is 1. The largest absolute Gasteiger partial charge is 0.295 e. The predicted octanol–water partition coefficient (Wildman–Crippen LogP) is 3.61. The van der Waals surface area contributed by atoms with E-state index in [1.807, 2.05) is 37.3 Å². The standard InChI is InChI=1S/C12H13BrO/c1-9-8-11(4-3-7-13)5-6-12(9)10(2)14/h3-6,8H,7H2,1-2H3. The molecule has 0 bridgehead atoms.